The van der Waals surface area contributed by atoms with Crippen LogP contribution in [0.1, 0.15) is 36.4 Å². The van der Waals surface area contributed by atoms with E-state index < -0.39 is 0 Å². The molecule has 0 bridgehead atoms. The molecule has 0 unspecified atom stereocenters. The molecule has 2 amide bonds. The topological polar surface area (TPSA) is 61.4 Å². The van der Waals surface area contributed by atoms with E-state index in [2.05, 4.69) is 10.6 Å². The van der Waals surface area contributed by atoms with Gasteiger partial charge in [-0.1, -0.05) is 66.7 Å². The third-order valence-electron chi connectivity index (χ3n) is 5.04. The zero-order valence-electron chi connectivity index (χ0n) is 17.2. The van der Waals surface area contributed by atoms with Crippen LogP contribution in [0, 0.1) is 0 Å². The van der Waals surface area contributed by atoms with E-state index in [4.69, 9.17) is 0 Å². The molecule has 1 heterocycles. The Morgan fingerprint density at radius 2 is 1.73 bits per heavy atom. The van der Waals surface area contributed by atoms with Gasteiger partial charge in [-0.2, -0.15) is 0 Å². The van der Waals surface area contributed by atoms with Crippen LogP contribution in [-0.4, -0.2) is 36.3 Å². The minimum Gasteiger partial charge on any atom is -0.339 e. The van der Waals surface area contributed by atoms with Crippen LogP contribution in [0.3, 0.4) is 0 Å². The molecule has 2 N–H and O–H groups in total. The number of nitrogens with zero attached hydrogens (tertiary/aromatic N) is 1. The van der Waals surface area contributed by atoms with Crippen molar-refractivity contribution in [2.45, 2.75) is 25.3 Å². The molecule has 156 valence electrons. The number of hydrogen-bond acceptors (Lipinski definition) is 3. The average molecular weight is 404 g/mol. The van der Waals surface area contributed by atoms with E-state index in [0.717, 1.165) is 24.1 Å². The summed E-state index contributed by atoms with van der Waals surface area (Å²) in [5.41, 5.74) is 2.09. The molecule has 30 heavy (non-hydrogen) atoms. The molecule has 5 nitrogen and oxygen atoms in total. The van der Waals surface area contributed by atoms with Crippen LogP contribution in [0.4, 0.5) is 0 Å². The molecule has 0 saturated heterocycles. The molecule has 0 fully saturated rings. The zero-order valence-corrected chi connectivity index (χ0v) is 17.2. The van der Waals surface area contributed by atoms with Crippen molar-refractivity contribution in [3.63, 3.8) is 0 Å². The fourth-order valence-corrected chi connectivity index (χ4v) is 3.42. The van der Waals surface area contributed by atoms with Crippen molar-refractivity contribution in [2.24, 2.45) is 0 Å². The predicted molar refractivity (Wildman–Crippen MR) is 120 cm³/mol. The lowest BCUT2D eigenvalue weighted by molar-refractivity contribution is -0.126. The fraction of sp³-hybridized carbons (Fsp3) is 0.280. The van der Waals surface area contributed by atoms with Gasteiger partial charge in [-0.3, -0.25) is 9.59 Å². The van der Waals surface area contributed by atoms with E-state index in [-0.39, 0.29) is 17.9 Å². The van der Waals surface area contributed by atoms with Gasteiger partial charge in [0, 0.05) is 31.6 Å². The highest BCUT2D eigenvalue weighted by molar-refractivity contribution is 5.91. The maximum Gasteiger partial charge on any atom is 0.246 e. The van der Waals surface area contributed by atoms with Crippen LogP contribution in [0.5, 0.6) is 0 Å². The molecule has 3 rings (SSSR count). The summed E-state index contributed by atoms with van der Waals surface area (Å²) in [7, 11) is 0. The van der Waals surface area contributed by atoms with Crippen LogP contribution < -0.4 is 10.6 Å². The van der Waals surface area contributed by atoms with Gasteiger partial charge in [-0.05, 0) is 42.8 Å². The zero-order chi connectivity index (χ0) is 21.0. The Morgan fingerprint density at radius 1 is 1.00 bits per heavy atom. The summed E-state index contributed by atoms with van der Waals surface area (Å²) < 4.78 is 0. The summed E-state index contributed by atoms with van der Waals surface area (Å²) in [5.74, 6) is -0.0173. The van der Waals surface area contributed by atoms with E-state index in [9.17, 15) is 9.59 Å². The second-order valence-corrected chi connectivity index (χ2v) is 7.30. The Morgan fingerprint density at radius 3 is 2.50 bits per heavy atom. The first kappa shape index (κ1) is 21.5. The van der Waals surface area contributed by atoms with Crippen molar-refractivity contribution in [3.8, 4) is 0 Å². The van der Waals surface area contributed by atoms with Crippen LogP contribution in [0.15, 0.2) is 79.0 Å². The van der Waals surface area contributed by atoms with E-state index in [1.54, 1.807) is 12.3 Å². The van der Waals surface area contributed by atoms with Gasteiger partial charge < -0.3 is 15.5 Å². The number of rotatable bonds is 3. The molecule has 1 aliphatic heterocycles. The Bertz CT molecular complexity index is 862. The lowest BCUT2D eigenvalue weighted by atomic mass is 10.0. The van der Waals surface area contributed by atoms with Gasteiger partial charge in [0.25, 0.3) is 0 Å². The molecule has 0 radical (unpaired) electrons. The number of amides is 2. The minimum atomic E-state index is -0.0533. The molecule has 1 aliphatic rings. The molecule has 0 spiro atoms. The van der Waals surface area contributed by atoms with Crippen molar-refractivity contribution in [3.05, 3.63) is 90.1 Å². The Hall–Kier alpha value is -3.18. The molecular formula is C25H29N3O2. The standard InChI is InChI=1S/C25H29N3O2/c29-24-20-23(22-12-5-2-6-13-22)26-17-9-19-28(18-8-7-16-27-24)25(30)15-14-21-10-3-1-4-11-21/h1-7,10-16,23,26H,8-9,17-20H2,(H,27,29)/t23-/m1/s1. The molecule has 0 aliphatic carbocycles. The first-order valence-corrected chi connectivity index (χ1v) is 10.5. The predicted octanol–water partition coefficient (Wildman–Crippen LogP) is 3.67. The Kier molecular flexibility index (Phi) is 8.42. The van der Waals surface area contributed by atoms with E-state index in [1.165, 1.54) is 0 Å². The normalized spacial score (nSPS) is 18.9. The van der Waals surface area contributed by atoms with Crippen LogP contribution >= 0.6 is 0 Å². The molecule has 2 aromatic rings. The third-order valence-corrected chi connectivity index (χ3v) is 5.04. The summed E-state index contributed by atoms with van der Waals surface area (Å²) in [6.45, 7) is 2.01. The summed E-state index contributed by atoms with van der Waals surface area (Å²) in [6.07, 6.45) is 8.96. The second kappa shape index (κ2) is 11.7. The van der Waals surface area contributed by atoms with E-state index in [0.29, 0.717) is 25.9 Å². The Labute approximate surface area is 178 Å². The van der Waals surface area contributed by atoms with Gasteiger partial charge in [0.05, 0.1) is 0 Å². The summed E-state index contributed by atoms with van der Waals surface area (Å²) in [6, 6.07) is 19.8. The van der Waals surface area contributed by atoms with Crippen molar-refractivity contribution < 1.29 is 9.59 Å². The summed E-state index contributed by atoms with van der Waals surface area (Å²) >= 11 is 0. The lowest BCUT2D eigenvalue weighted by Gasteiger charge is -2.22. The van der Waals surface area contributed by atoms with Crippen LogP contribution in [0.25, 0.3) is 6.08 Å². The highest BCUT2D eigenvalue weighted by Crippen LogP contribution is 2.16. The number of carbonyl (C=O) groups excluding carboxylic acids is 2. The van der Waals surface area contributed by atoms with Crippen LogP contribution in [-0.2, 0) is 9.59 Å². The molecule has 5 heteroatoms. The van der Waals surface area contributed by atoms with Crippen LogP contribution in [0.2, 0.25) is 0 Å². The van der Waals surface area contributed by atoms with Gasteiger partial charge in [0.1, 0.15) is 0 Å². The fourth-order valence-electron chi connectivity index (χ4n) is 3.42. The summed E-state index contributed by atoms with van der Waals surface area (Å²) in [5, 5.41) is 6.32. The van der Waals surface area contributed by atoms with Crippen molar-refractivity contribution in [1.29, 1.82) is 0 Å². The Balaban J connectivity index is 1.64. The molecule has 0 aromatic heterocycles. The number of hydrogen-bond donors (Lipinski definition) is 2. The maximum atomic E-state index is 12.7. The third kappa shape index (κ3) is 7.01. The SMILES string of the molecule is O=C1C[C@H](c2ccccc2)NCCCN(C(=O)C=Cc2ccccc2)CCC=CN1. The number of benzene rings is 2. The first-order chi connectivity index (χ1) is 14.7. The van der Waals surface area contributed by atoms with Gasteiger partial charge in [-0.25, -0.2) is 0 Å². The molecule has 2 aromatic carbocycles. The lowest BCUT2D eigenvalue weighted by Crippen LogP contribution is -2.34. The van der Waals surface area contributed by atoms with Gasteiger partial charge in [0.15, 0.2) is 0 Å². The average Bonchev–Trinajstić information content (AvgIpc) is 2.80. The largest absolute Gasteiger partial charge is 0.339 e. The van der Waals surface area contributed by atoms with Crippen molar-refractivity contribution in [2.75, 3.05) is 19.6 Å². The maximum absolute atomic E-state index is 12.7. The number of nitrogens with one attached hydrogen (secondary N) is 2. The smallest absolute Gasteiger partial charge is 0.246 e. The van der Waals surface area contributed by atoms with Gasteiger partial charge >= 0.3 is 0 Å². The van der Waals surface area contributed by atoms with E-state index >= 15 is 0 Å². The highest BCUT2D eigenvalue weighted by Gasteiger charge is 2.16. The first-order valence-electron chi connectivity index (χ1n) is 10.5. The summed E-state index contributed by atoms with van der Waals surface area (Å²) in [4.78, 5) is 26.9. The molecule has 1 atom stereocenters. The molecule has 0 saturated carbocycles. The minimum absolute atomic E-state index is 0.00534. The van der Waals surface area contributed by atoms with Gasteiger partial charge in [-0.15, -0.1) is 0 Å². The molecular weight excluding hydrogens is 374 g/mol. The number of carbonyl (C=O) groups is 2. The van der Waals surface area contributed by atoms with Crippen molar-refractivity contribution >= 4 is 17.9 Å². The van der Waals surface area contributed by atoms with Gasteiger partial charge in [0.2, 0.25) is 11.8 Å². The quantitative estimate of drug-likeness (QED) is 0.769. The second-order valence-electron chi connectivity index (χ2n) is 7.30. The van der Waals surface area contributed by atoms with E-state index in [1.807, 2.05) is 77.7 Å². The van der Waals surface area contributed by atoms with Crippen molar-refractivity contribution in [1.82, 2.24) is 15.5 Å². The monoisotopic (exact) mass is 403 g/mol. The highest BCUT2D eigenvalue weighted by atomic mass is 16.2.